The second kappa shape index (κ2) is 29.5. The van der Waals surface area contributed by atoms with Crippen molar-refractivity contribution in [2.24, 2.45) is 5.92 Å². The highest BCUT2D eigenvalue weighted by molar-refractivity contribution is 7.89. The molecule has 2 aromatic carbocycles. The number of alkyl halides is 6. The second-order valence-electron chi connectivity index (χ2n) is 29.0. The van der Waals surface area contributed by atoms with E-state index in [9.17, 15) is 48.4 Å². The molecule has 2 bridgehead atoms. The maximum atomic E-state index is 13.5. The number of thiophene rings is 2. The average Bonchev–Trinajstić information content (AvgIpc) is 1.63. The van der Waals surface area contributed by atoms with Crippen molar-refractivity contribution in [1.82, 2.24) is 57.3 Å². The van der Waals surface area contributed by atoms with Crippen LogP contribution in [0.2, 0.25) is 0 Å². The van der Waals surface area contributed by atoms with Gasteiger partial charge in [-0.05, 0) is 157 Å². The molecule has 6 aromatic heterocycles. The zero-order chi connectivity index (χ0) is 73.4. The van der Waals surface area contributed by atoms with Crippen LogP contribution in [0.1, 0.15) is 130 Å². The van der Waals surface area contributed by atoms with Crippen LogP contribution < -0.4 is 10.6 Å². The van der Waals surface area contributed by atoms with Gasteiger partial charge in [0.15, 0.2) is 0 Å². The molecule has 14 rings (SSSR count). The van der Waals surface area contributed by atoms with E-state index in [0.29, 0.717) is 114 Å². The van der Waals surface area contributed by atoms with Gasteiger partial charge in [0.05, 0.1) is 35.6 Å². The SMILES string of the molecule is Cc1nc(NC2CCN(Cc3ccc4c(cc(C)n4C[C@H](C)N4C5CCC4CN(S(C)(=O)=O)C5)c3C)CC2)c2cc(CC(F)(F)F)sc2n1.[2H]C([2H])(c1cc2c(NC3CCN(Cc4ccc5c(cc(C#N)n5C[C@H](C)N5CCN(S(=O)(=O)CC6CC6)CC5)c4C)CC3)nc(CC)nc2s1)C(F)(F)F. The van der Waals surface area contributed by atoms with Gasteiger partial charge in [0.1, 0.15) is 44.7 Å². The van der Waals surface area contributed by atoms with Gasteiger partial charge in [-0.15, -0.1) is 22.7 Å². The Morgan fingerprint density at radius 2 is 1.17 bits per heavy atom. The minimum absolute atomic E-state index is 0.0414. The first-order valence-corrected chi connectivity index (χ1v) is 40.5. The number of nitriles is 1. The Morgan fingerprint density at radius 1 is 0.634 bits per heavy atom. The number of aryl methyl sites for hydroxylation is 5. The van der Waals surface area contributed by atoms with E-state index in [2.05, 4.69) is 130 Å². The van der Waals surface area contributed by atoms with Gasteiger partial charge in [0.25, 0.3) is 0 Å². The van der Waals surface area contributed by atoms with E-state index in [1.54, 1.807) is 21.6 Å². The Bertz CT molecular complexity index is 4710. The van der Waals surface area contributed by atoms with Crippen molar-refractivity contribution >= 4 is 96.6 Å². The monoisotopic (exact) mass is 1480 g/mol. The molecular weight excluding hydrogens is 1380 g/mol. The molecular formula is C72H93F6N15O4S4. The summed E-state index contributed by atoms with van der Waals surface area (Å²) in [5.74, 6) is 2.72. The third-order valence-corrected chi connectivity index (χ3v) is 26.9. The summed E-state index contributed by atoms with van der Waals surface area (Å²) in [4.78, 5) is 28.5. The average molecular weight is 1480 g/mol. The highest BCUT2D eigenvalue weighted by Gasteiger charge is 2.45. The van der Waals surface area contributed by atoms with Crippen molar-refractivity contribution in [2.75, 3.05) is 88.1 Å². The van der Waals surface area contributed by atoms with Gasteiger partial charge in [-0.3, -0.25) is 19.6 Å². The lowest BCUT2D eigenvalue weighted by molar-refractivity contribution is -0.127. The van der Waals surface area contributed by atoms with E-state index < -0.39 is 50.1 Å². The van der Waals surface area contributed by atoms with Crippen molar-refractivity contribution in [3.8, 4) is 6.07 Å². The Kier molecular flexibility index (Phi) is 20.6. The highest BCUT2D eigenvalue weighted by atomic mass is 32.2. The first-order valence-electron chi connectivity index (χ1n) is 36.4. The summed E-state index contributed by atoms with van der Waals surface area (Å²) >= 11 is 1.81. The molecule has 6 aliphatic rings. The van der Waals surface area contributed by atoms with Gasteiger partial charge >= 0.3 is 12.4 Å². The number of piperazine rings is 2. The molecule has 0 radical (unpaired) electrons. The lowest BCUT2D eigenvalue weighted by atomic mass is 10.0. The van der Waals surface area contributed by atoms with Gasteiger partial charge in [-0.2, -0.15) is 40.2 Å². The summed E-state index contributed by atoms with van der Waals surface area (Å²) in [6, 6.07) is 19.5. The Hall–Kier alpha value is -6.07. The van der Waals surface area contributed by atoms with Crippen LogP contribution in [0, 0.1) is 44.9 Å². The van der Waals surface area contributed by atoms with Gasteiger partial charge in [-0.1, -0.05) is 19.1 Å². The van der Waals surface area contributed by atoms with Crippen molar-refractivity contribution in [1.29, 1.82) is 5.26 Å². The summed E-state index contributed by atoms with van der Waals surface area (Å²) in [6.07, 6.45) is -4.37. The third kappa shape index (κ3) is 16.9. The second-order valence-corrected chi connectivity index (χ2v) is 35.1. The summed E-state index contributed by atoms with van der Waals surface area (Å²) < 4.78 is 153. The molecule has 2 N–H and O–H groups in total. The number of benzene rings is 2. The molecule has 0 spiro atoms. The number of nitrogens with zero attached hydrogens (tertiary/aromatic N) is 13. The molecule has 1 saturated carbocycles. The maximum absolute atomic E-state index is 13.5. The van der Waals surface area contributed by atoms with Crippen molar-refractivity contribution in [3.63, 3.8) is 0 Å². The Balaban J connectivity index is 0.000000184. The summed E-state index contributed by atoms with van der Waals surface area (Å²) in [6.45, 7) is 24.6. The molecule has 101 heavy (non-hydrogen) atoms. The van der Waals surface area contributed by atoms with Crippen LogP contribution in [0.15, 0.2) is 48.5 Å². The fraction of sp³-hybridized carbons (Fsp3) is 0.597. The molecule has 1 aliphatic carbocycles. The molecule has 4 atom stereocenters. The number of anilines is 2. The Morgan fingerprint density at radius 3 is 1.71 bits per heavy atom. The number of sulfonamides is 2. The molecule has 546 valence electrons. The van der Waals surface area contributed by atoms with E-state index in [1.165, 1.54) is 45.6 Å². The molecule has 6 fully saturated rings. The third-order valence-electron chi connectivity index (χ3n) is 21.7. The standard InChI is InChI=1S/C37H47F3N8O2S2.C35H46F3N7O2S2/c1-4-34-43-35(32-18-30(19-37(38,39)40)51-36(32)44-34)42-28-9-11-45(12-10-28)22-27-7-8-33-31(25(27)3)17-29(20-41)48(33)21-24(2)46-13-15-47(16-14-46)52(49,50)23-26-5-6-26;1-21-14-30-23(3)25(6-9-32(30)44(21)17-22(2)45-27-7-8-28(45)20-43(19-27)49(5,46)47)18-42-12-10-26(11-13-42)41-33-31-15-29(16-35(36,37)38)48-34(31)40-24(4)39-33/h7-8,17-18,24,26,28H,4-6,9-16,19,21-23H2,1-3H3,(H,42,43,44);6,9,14-15,22,26-28H,7-8,10-13,16-20H2,1-5H3,(H,39,40,41)/t24-;22-,27?,28?/m00/s1/i19D2;. The van der Waals surface area contributed by atoms with Crippen molar-refractivity contribution in [2.45, 2.75) is 194 Å². The number of likely N-dealkylation sites (tertiary alicyclic amines) is 2. The van der Waals surface area contributed by atoms with Crippen molar-refractivity contribution < 1.29 is 45.9 Å². The molecule has 5 aliphatic heterocycles. The van der Waals surface area contributed by atoms with E-state index in [1.807, 2.05) is 13.0 Å². The van der Waals surface area contributed by atoms with Crippen LogP contribution in [0.25, 0.3) is 42.2 Å². The molecule has 8 aromatic rings. The zero-order valence-corrected chi connectivity index (χ0v) is 62.0. The summed E-state index contributed by atoms with van der Waals surface area (Å²) in [5, 5.41) is 20.5. The van der Waals surface area contributed by atoms with E-state index in [4.69, 9.17) is 2.74 Å². The normalized spacial score (nSPS) is 21.3. The van der Waals surface area contributed by atoms with E-state index in [-0.39, 0.29) is 40.8 Å². The quantitative estimate of drug-likeness (QED) is 0.0644. The number of halogens is 6. The Labute approximate surface area is 599 Å². The number of aromatic nitrogens is 6. The minimum Gasteiger partial charge on any atom is -0.367 e. The van der Waals surface area contributed by atoms with Crippen LogP contribution in [0.4, 0.5) is 38.0 Å². The van der Waals surface area contributed by atoms with Crippen LogP contribution >= 0.6 is 22.7 Å². The topological polar surface area (TPSA) is 197 Å². The number of hydrogen-bond acceptors (Lipinski definition) is 17. The molecule has 0 amide bonds. The number of rotatable bonds is 21. The fourth-order valence-electron chi connectivity index (χ4n) is 16.0. The van der Waals surface area contributed by atoms with E-state index in [0.717, 1.165) is 136 Å². The molecule has 2 unspecified atom stereocenters. The first kappa shape index (κ1) is 70.6. The first-order chi connectivity index (χ1) is 48.7. The predicted molar refractivity (Wildman–Crippen MR) is 389 cm³/mol. The summed E-state index contributed by atoms with van der Waals surface area (Å²) in [5.41, 5.74) is 9.04. The number of nitrogens with one attached hydrogen (secondary N) is 2. The number of hydrogen-bond donors (Lipinski definition) is 2. The van der Waals surface area contributed by atoms with E-state index >= 15 is 0 Å². The molecule has 11 heterocycles. The lowest BCUT2D eigenvalue weighted by Crippen LogP contribution is -2.58. The smallest absolute Gasteiger partial charge is 0.367 e. The largest absolute Gasteiger partial charge is 0.393 e. The number of fused-ring (bicyclic) bond motifs is 6. The van der Waals surface area contributed by atoms with Crippen LogP contribution in [0.3, 0.4) is 0 Å². The van der Waals surface area contributed by atoms with Crippen LogP contribution in [-0.4, -0.2) is 200 Å². The minimum atomic E-state index is -5.04. The predicted octanol–water partition coefficient (Wildman–Crippen LogP) is 12.6. The lowest BCUT2D eigenvalue weighted by Gasteiger charge is -2.43. The molecule has 19 nitrogen and oxygen atoms in total. The maximum Gasteiger partial charge on any atom is 0.393 e. The molecule has 29 heteroatoms. The van der Waals surface area contributed by atoms with Gasteiger partial charge in [0, 0.05) is 174 Å². The number of piperidine rings is 2. The molecule has 5 saturated heterocycles. The van der Waals surface area contributed by atoms with Gasteiger partial charge in [-0.25, -0.2) is 36.8 Å². The zero-order valence-electron chi connectivity index (χ0n) is 60.7. The van der Waals surface area contributed by atoms with Gasteiger partial charge < -0.3 is 19.8 Å². The van der Waals surface area contributed by atoms with Crippen molar-refractivity contribution in [3.05, 3.63) is 104 Å². The fourth-order valence-corrected chi connectivity index (χ4v) is 20.9. The summed E-state index contributed by atoms with van der Waals surface area (Å²) in [7, 11) is -6.38. The highest BCUT2D eigenvalue weighted by Crippen LogP contribution is 2.39. The van der Waals surface area contributed by atoms with Crippen LogP contribution in [-0.2, 0) is 65.4 Å². The van der Waals surface area contributed by atoms with Gasteiger partial charge in [0.2, 0.25) is 20.0 Å². The van der Waals surface area contributed by atoms with Crippen LogP contribution in [0.5, 0.6) is 0 Å².